The van der Waals surface area contributed by atoms with Crippen molar-refractivity contribution in [3.05, 3.63) is 71.5 Å². The number of primary amides is 1. The number of hydrogen-bond acceptors (Lipinski definition) is 7. The zero-order valence-electron chi connectivity index (χ0n) is 22.1. The quantitative estimate of drug-likeness (QED) is 0.320. The number of nitrogens with zero attached hydrogens (tertiary/aromatic N) is 4. The Labute approximate surface area is 235 Å². The van der Waals surface area contributed by atoms with Gasteiger partial charge in [0.15, 0.2) is 0 Å². The molecule has 1 fully saturated rings. The summed E-state index contributed by atoms with van der Waals surface area (Å²) in [7, 11) is 0. The molecule has 0 saturated carbocycles. The number of thiazole rings is 1. The van der Waals surface area contributed by atoms with Crippen molar-refractivity contribution in [2.75, 3.05) is 32.7 Å². The zero-order chi connectivity index (χ0) is 28.6. The van der Waals surface area contributed by atoms with Crippen molar-refractivity contribution in [3.8, 4) is 10.6 Å². The summed E-state index contributed by atoms with van der Waals surface area (Å²) in [5, 5.41) is 4.92. The number of carbonyl (C=O) groups is 2. The van der Waals surface area contributed by atoms with Crippen molar-refractivity contribution in [2.45, 2.75) is 43.9 Å². The first-order chi connectivity index (χ1) is 19.1. The summed E-state index contributed by atoms with van der Waals surface area (Å²) in [4.78, 5) is 37.8. The van der Waals surface area contributed by atoms with E-state index in [0.717, 1.165) is 21.7 Å². The van der Waals surface area contributed by atoms with Gasteiger partial charge in [-0.3, -0.25) is 24.4 Å². The molecule has 3 N–H and O–H groups in total. The molecule has 1 aliphatic rings. The Bertz CT molecular complexity index is 1260. The van der Waals surface area contributed by atoms with Gasteiger partial charge in [-0.15, -0.1) is 11.3 Å². The highest BCUT2D eigenvalue weighted by atomic mass is 32.1. The number of pyridine rings is 1. The van der Waals surface area contributed by atoms with Crippen molar-refractivity contribution in [1.29, 1.82) is 0 Å². The third-order valence-electron chi connectivity index (χ3n) is 6.97. The van der Waals surface area contributed by atoms with Gasteiger partial charge in [0.25, 0.3) is 0 Å². The van der Waals surface area contributed by atoms with Crippen LogP contribution in [0.15, 0.2) is 60.4 Å². The fraction of sp³-hybridized carbons (Fsp3) is 0.429. The SMILES string of the molecule is NC(=O)CCCCN1CCN(Cc2cncc(-c3nccs3)c2)CC1(Cc1ccccc1)C(=O)NCC(F)(F)F. The molecule has 2 amide bonds. The van der Waals surface area contributed by atoms with Gasteiger partial charge in [-0.1, -0.05) is 30.3 Å². The molecule has 1 aliphatic heterocycles. The first-order valence-corrected chi connectivity index (χ1v) is 14.0. The van der Waals surface area contributed by atoms with E-state index < -0.39 is 30.1 Å². The van der Waals surface area contributed by atoms with E-state index in [9.17, 15) is 22.8 Å². The Hall–Kier alpha value is -3.35. The van der Waals surface area contributed by atoms with Crippen LogP contribution in [-0.4, -0.2) is 76.0 Å². The van der Waals surface area contributed by atoms with Crippen molar-refractivity contribution in [2.24, 2.45) is 5.73 Å². The number of unbranched alkanes of at least 4 members (excludes halogenated alkanes) is 1. The van der Waals surface area contributed by atoms with Crippen LogP contribution in [0.5, 0.6) is 0 Å². The van der Waals surface area contributed by atoms with E-state index in [1.54, 1.807) is 18.6 Å². The molecule has 2 aromatic heterocycles. The minimum atomic E-state index is -4.54. The molecule has 12 heteroatoms. The summed E-state index contributed by atoms with van der Waals surface area (Å²) < 4.78 is 39.5. The average Bonchev–Trinajstić information content (AvgIpc) is 3.46. The zero-order valence-corrected chi connectivity index (χ0v) is 22.9. The minimum Gasteiger partial charge on any atom is -0.370 e. The number of piperazine rings is 1. The van der Waals surface area contributed by atoms with Gasteiger partial charge >= 0.3 is 6.18 Å². The Balaban J connectivity index is 1.62. The molecule has 40 heavy (non-hydrogen) atoms. The van der Waals surface area contributed by atoms with Gasteiger partial charge in [-0.05, 0) is 36.6 Å². The maximum atomic E-state index is 13.8. The molecule has 1 atom stereocenters. The van der Waals surface area contributed by atoms with Gasteiger partial charge in [-0.25, -0.2) is 4.98 Å². The van der Waals surface area contributed by atoms with Crippen LogP contribution in [0, 0.1) is 0 Å². The Morgan fingerprint density at radius 1 is 1.10 bits per heavy atom. The second kappa shape index (κ2) is 13.3. The molecular weight excluding hydrogens is 541 g/mol. The number of hydrogen-bond donors (Lipinski definition) is 2. The average molecular weight is 575 g/mol. The lowest BCUT2D eigenvalue weighted by atomic mass is 9.84. The number of nitrogens with two attached hydrogens (primary N) is 1. The molecule has 0 spiro atoms. The summed E-state index contributed by atoms with van der Waals surface area (Å²) in [5.74, 6) is -1.07. The fourth-order valence-corrected chi connectivity index (χ4v) is 5.77. The molecule has 1 saturated heterocycles. The van der Waals surface area contributed by atoms with Crippen LogP contribution in [0.3, 0.4) is 0 Å². The third kappa shape index (κ3) is 8.09. The lowest BCUT2D eigenvalue weighted by Gasteiger charge is -2.50. The van der Waals surface area contributed by atoms with Crippen molar-refractivity contribution in [1.82, 2.24) is 25.1 Å². The summed E-state index contributed by atoms with van der Waals surface area (Å²) in [5.41, 5.74) is 6.70. The van der Waals surface area contributed by atoms with E-state index in [0.29, 0.717) is 39.0 Å². The van der Waals surface area contributed by atoms with E-state index in [2.05, 4.69) is 20.2 Å². The number of rotatable bonds is 12. The van der Waals surface area contributed by atoms with Crippen LogP contribution >= 0.6 is 11.3 Å². The molecule has 8 nitrogen and oxygen atoms in total. The molecule has 3 heterocycles. The molecule has 0 aliphatic carbocycles. The van der Waals surface area contributed by atoms with E-state index in [-0.39, 0.29) is 19.4 Å². The summed E-state index contributed by atoms with van der Waals surface area (Å²) in [6.45, 7) is 0.836. The number of halogens is 3. The van der Waals surface area contributed by atoms with Crippen LogP contribution in [0.4, 0.5) is 13.2 Å². The van der Waals surface area contributed by atoms with Crippen LogP contribution in [0.2, 0.25) is 0 Å². The highest BCUT2D eigenvalue weighted by Crippen LogP contribution is 2.30. The van der Waals surface area contributed by atoms with Gasteiger partial charge in [0.05, 0.1) is 0 Å². The van der Waals surface area contributed by atoms with E-state index in [1.807, 2.05) is 46.7 Å². The Kier molecular flexibility index (Phi) is 9.88. The second-order valence-corrected chi connectivity index (χ2v) is 10.9. The molecule has 3 aromatic rings. The van der Waals surface area contributed by atoms with Crippen LogP contribution in [0.1, 0.15) is 30.4 Å². The van der Waals surface area contributed by atoms with Gasteiger partial charge < -0.3 is 11.1 Å². The normalized spacial score (nSPS) is 18.5. The molecule has 1 aromatic carbocycles. The smallest absolute Gasteiger partial charge is 0.370 e. The van der Waals surface area contributed by atoms with Crippen LogP contribution in [-0.2, 0) is 22.6 Å². The number of benzene rings is 1. The largest absolute Gasteiger partial charge is 0.405 e. The lowest BCUT2D eigenvalue weighted by molar-refractivity contribution is -0.150. The first kappa shape index (κ1) is 29.6. The molecule has 4 rings (SSSR count). The van der Waals surface area contributed by atoms with Crippen molar-refractivity contribution in [3.63, 3.8) is 0 Å². The monoisotopic (exact) mass is 574 g/mol. The summed E-state index contributed by atoms with van der Waals surface area (Å²) in [6, 6.07) is 11.3. The maximum Gasteiger partial charge on any atom is 0.405 e. The van der Waals surface area contributed by atoms with E-state index >= 15 is 0 Å². The molecular formula is C28H33F3N6O2S. The summed E-state index contributed by atoms with van der Waals surface area (Å²) >= 11 is 1.51. The predicted octanol–water partition coefficient (Wildman–Crippen LogP) is 3.64. The van der Waals surface area contributed by atoms with Gasteiger partial charge in [-0.2, -0.15) is 13.2 Å². The number of nitrogens with one attached hydrogen (secondary N) is 1. The molecule has 214 valence electrons. The van der Waals surface area contributed by atoms with Gasteiger partial charge in [0.2, 0.25) is 11.8 Å². The summed E-state index contributed by atoms with van der Waals surface area (Å²) in [6.07, 6.45) is 2.28. The topological polar surface area (TPSA) is 104 Å². The number of aromatic nitrogens is 2. The fourth-order valence-electron chi connectivity index (χ4n) is 5.14. The lowest BCUT2D eigenvalue weighted by Crippen LogP contribution is -2.70. The van der Waals surface area contributed by atoms with E-state index in [1.165, 1.54) is 11.3 Å². The van der Waals surface area contributed by atoms with Crippen LogP contribution < -0.4 is 11.1 Å². The van der Waals surface area contributed by atoms with Crippen LogP contribution in [0.25, 0.3) is 10.6 Å². The Morgan fingerprint density at radius 3 is 2.60 bits per heavy atom. The number of amides is 2. The number of alkyl halides is 3. The van der Waals surface area contributed by atoms with Gasteiger partial charge in [0, 0.05) is 68.6 Å². The molecule has 0 bridgehead atoms. The Morgan fingerprint density at radius 2 is 1.90 bits per heavy atom. The maximum absolute atomic E-state index is 13.8. The highest BCUT2D eigenvalue weighted by molar-refractivity contribution is 7.13. The van der Waals surface area contributed by atoms with Crippen molar-refractivity contribution < 1.29 is 22.8 Å². The molecule has 0 radical (unpaired) electrons. The van der Waals surface area contributed by atoms with E-state index in [4.69, 9.17) is 5.73 Å². The first-order valence-electron chi connectivity index (χ1n) is 13.1. The second-order valence-electron chi connectivity index (χ2n) is 10.0. The van der Waals surface area contributed by atoms with Crippen molar-refractivity contribution >= 4 is 23.2 Å². The predicted molar refractivity (Wildman–Crippen MR) is 147 cm³/mol. The van der Waals surface area contributed by atoms with Gasteiger partial charge in [0.1, 0.15) is 17.1 Å². The molecule has 1 unspecified atom stereocenters. The standard InChI is InChI=1S/C28H33F3N6O2S/c29-28(30,31)19-35-26(39)27(15-21-6-2-1-3-7-21)20-36(11-12-37(27)10-5-4-8-24(32)38)18-22-14-23(17-33-16-22)25-34-9-13-40-25/h1-3,6-7,9,13-14,16-17H,4-5,8,10-12,15,18-20H2,(H2,32,38)(H,35,39). The third-order valence-corrected chi connectivity index (χ3v) is 7.79. The highest BCUT2D eigenvalue weighted by Gasteiger charge is 2.48. The number of carbonyl (C=O) groups excluding carboxylic acids is 2. The minimum absolute atomic E-state index is 0.217.